The molecule has 142 valence electrons. The fraction of sp³-hybridized carbons (Fsp3) is 0.391. The van der Waals surface area contributed by atoms with Crippen LogP contribution in [0.2, 0.25) is 0 Å². The summed E-state index contributed by atoms with van der Waals surface area (Å²) in [5.74, 6) is -0.391. The van der Waals surface area contributed by atoms with E-state index < -0.39 is 6.10 Å². The first-order valence-corrected chi connectivity index (χ1v) is 9.54. The first-order chi connectivity index (χ1) is 13.1. The second kappa shape index (κ2) is 8.85. The third kappa shape index (κ3) is 4.76. The number of ether oxygens (including phenoxy) is 2. The lowest BCUT2D eigenvalue weighted by molar-refractivity contribution is -0.156. The zero-order valence-electron chi connectivity index (χ0n) is 15.9. The van der Waals surface area contributed by atoms with Crippen LogP contribution in [0, 0.1) is 5.92 Å². The van der Waals surface area contributed by atoms with Crippen LogP contribution >= 0.6 is 0 Å². The lowest BCUT2D eigenvalue weighted by Gasteiger charge is -2.35. The molecule has 0 spiro atoms. The Morgan fingerprint density at radius 1 is 1.07 bits per heavy atom. The monoisotopic (exact) mass is 366 g/mol. The maximum Gasteiger partial charge on any atom is 0.309 e. The van der Waals surface area contributed by atoms with Crippen molar-refractivity contribution in [2.24, 2.45) is 5.92 Å². The molecule has 3 atom stereocenters. The van der Waals surface area contributed by atoms with E-state index in [1.807, 2.05) is 24.3 Å². The Balaban J connectivity index is 1.90. The molecule has 2 aromatic rings. The van der Waals surface area contributed by atoms with E-state index in [9.17, 15) is 9.59 Å². The zero-order chi connectivity index (χ0) is 19.2. The fourth-order valence-corrected chi connectivity index (χ4v) is 4.04. The first kappa shape index (κ1) is 19.2. The Kier molecular flexibility index (Phi) is 6.28. The van der Waals surface area contributed by atoms with Crippen molar-refractivity contribution in [2.45, 2.75) is 45.1 Å². The molecule has 0 aliphatic heterocycles. The highest BCUT2D eigenvalue weighted by Gasteiger charge is 2.35. The molecule has 0 amide bonds. The number of hydrogen-bond acceptors (Lipinski definition) is 4. The standard InChI is InChI=1S/C23H26O4/c1-3-26-23(25)15-22(27-16(2)24)19-13-18-11-7-8-12-20(18)21(14-19)17-9-5-4-6-10-17/h4-12,19,21-22H,3,13-15H2,1-2H3/t19-,21+,22?/m1/s1. The van der Waals surface area contributed by atoms with Crippen molar-refractivity contribution < 1.29 is 19.1 Å². The molecule has 0 heterocycles. The highest BCUT2D eigenvalue weighted by atomic mass is 16.6. The summed E-state index contributed by atoms with van der Waals surface area (Å²) in [4.78, 5) is 23.7. The molecule has 0 radical (unpaired) electrons. The molecule has 0 aromatic heterocycles. The van der Waals surface area contributed by atoms with Gasteiger partial charge in [0.15, 0.2) is 0 Å². The summed E-state index contributed by atoms with van der Waals surface area (Å²) in [6, 6.07) is 18.8. The summed E-state index contributed by atoms with van der Waals surface area (Å²) < 4.78 is 10.7. The lowest BCUT2D eigenvalue weighted by Crippen LogP contribution is -2.34. The number of esters is 2. The Hall–Kier alpha value is -2.62. The van der Waals surface area contributed by atoms with Crippen molar-refractivity contribution in [3.05, 3.63) is 71.3 Å². The Morgan fingerprint density at radius 2 is 1.78 bits per heavy atom. The van der Waals surface area contributed by atoms with Crippen LogP contribution < -0.4 is 0 Å². The molecule has 1 unspecified atom stereocenters. The van der Waals surface area contributed by atoms with E-state index in [1.165, 1.54) is 23.6 Å². The van der Waals surface area contributed by atoms with E-state index in [0.717, 1.165) is 12.8 Å². The molecule has 4 heteroatoms. The molecular weight excluding hydrogens is 340 g/mol. The van der Waals surface area contributed by atoms with Gasteiger partial charge in [0.25, 0.3) is 0 Å². The van der Waals surface area contributed by atoms with Crippen LogP contribution in [-0.4, -0.2) is 24.6 Å². The van der Waals surface area contributed by atoms with Gasteiger partial charge in [0, 0.05) is 18.8 Å². The van der Waals surface area contributed by atoms with Crippen LogP contribution in [0.15, 0.2) is 54.6 Å². The summed E-state index contributed by atoms with van der Waals surface area (Å²) in [5, 5.41) is 0. The van der Waals surface area contributed by atoms with Crippen molar-refractivity contribution in [3.8, 4) is 0 Å². The molecular formula is C23H26O4. The molecule has 27 heavy (non-hydrogen) atoms. The van der Waals surface area contributed by atoms with Gasteiger partial charge in [-0.15, -0.1) is 0 Å². The van der Waals surface area contributed by atoms with Crippen LogP contribution in [0.5, 0.6) is 0 Å². The van der Waals surface area contributed by atoms with Gasteiger partial charge in [-0.05, 0) is 36.5 Å². The number of hydrogen-bond donors (Lipinski definition) is 0. The minimum atomic E-state index is -0.471. The number of rotatable bonds is 6. The quantitative estimate of drug-likeness (QED) is 0.717. The SMILES string of the molecule is CCOC(=O)CC(OC(C)=O)[C@@H]1Cc2ccccc2[C@H](c2ccccc2)C1. The number of carbonyl (C=O) groups is 2. The summed E-state index contributed by atoms with van der Waals surface area (Å²) in [6.45, 7) is 3.50. The fourth-order valence-electron chi connectivity index (χ4n) is 4.04. The molecule has 0 saturated carbocycles. The van der Waals surface area contributed by atoms with E-state index in [-0.39, 0.29) is 30.2 Å². The predicted molar refractivity (Wildman–Crippen MR) is 103 cm³/mol. The average Bonchev–Trinajstić information content (AvgIpc) is 2.67. The minimum absolute atomic E-state index is 0.0680. The van der Waals surface area contributed by atoms with Gasteiger partial charge in [-0.2, -0.15) is 0 Å². The van der Waals surface area contributed by atoms with Crippen molar-refractivity contribution in [1.29, 1.82) is 0 Å². The normalized spacial score (nSPS) is 19.6. The van der Waals surface area contributed by atoms with E-state index in [1.54, 1.807) is 6.92 Å². The Morgan fingerprint density at radius 3 is 2.48 bits per heavy atom. The second-order valence-corrected chi connectivity index (χ2v) is 7.02. The molecule has 1 aliphatic carbocycles. The van der Waals surface area contributed by atoms with E-state index in [0.29, 0.717) is 6.61 Å². The average molecular weight is 366 g/mol. The highest BCUT2D eigenvalue weighted by Crippen LogP contribution is 2.41. The maximum atomic E-state index is 12.1. The van der Waals surface area contributed by atoms with Gasteiger partial charge in [-0.3, -0.25) is 9.59 Å². The largest absolute Gasteiger partial charge is 0.466 e. The molecule has 1 aliphatic rings. The minimum Gasteiger partial charge on any atom is -0.466 e. The van der Waals surface area contributed by atoms with Gasteiger partial charge >= 0.3 is 11.9 Å². The highest BCUT2D eigenvalue weighted by molar-refractivity contribution is 5.71. The van der Waals surface area contributed by atoms with E-state index in [4.69, 9.17) is 9.47 Å². The number of benzene rings is 2. The summed E-state index contributed by atoms with van der Waals surface area (Å²) in [6.07, 6.45) is 1.25. The number of fused-ring (bicyclic) bond motifs is 1. The van der Waals surface area contributed by atoms with E-state index in [2.05, 4.69) is 30.3 Å². The summed E-state index contributed by atoms with van der Waals surface area (Å²) in [7, 11) is 0. The van der Waals surface area contributed by atoms with Crippen LogP contribution in [0.25, 0.3) is 0 Å². The molecule has 0 N–H and O–H groups in total. The molecule has 3 rings (SSSR count). The Bertz CT molecular complexity index is 784. The van der Waals surface area contributed by atoms with Gasteiger partial charge in [0.05, 0.1) is 13.0 Å². The molecule has 2 aromatic carbocycles. The second-order valence-electron chi connectivity index (χ2n) is 7.02. The zero-order valence-corrected chi connectivity index (χ0v) is 15.9. The Labute approximate surface area is 160 Å². The smallest absolute Gasteiger partial charge is 0.309 e. The molecule has 0 saturated heterocycles. The van der Waals surface area contributed by atoms with Gasteiger partial charge in [0.2, 0.25) is 0 Å². The predicted octanol–water partition coefficient (Wildman–Crippen LogP) is 4.27. The van der Waals surface area contributed by atoms with Crippen molar-refractivity contribution >= 4 is 11.9 Å². The summed E-state index contributed by atoms with van der Waals surface area (Å²) in [5.41, 5.74) is 3.81. The lowest BCUT2D eigenvalue weighted by atomic mass is 9.72. The van der Waals surface area contributed by atoms with Crippen molar-refractivity contribution in [3.63, 3.8) is 0 Å². The van der Waals surface area contributed by atoms with Gasteiger partial charge in [-0.25, -0.2) is 0 Å². The summed E-state index contributed by atoms with van der Waals surface area (Å²) >= 11 is 0. The topological polar surface area (TPSA) is 52.6 Å². The maximum absolute atomic E-state index is 12.1. The van der Waals surface area contributed by atoms with Crippen LogP contribution in [-0.2, 0) is 25.5 Å². The third-order valence-electron chi connectivity index (χ3n) is 5.17. The molecule has 4 nitrogen and oxygen atoms in total. The molecule has 0 fully saturated rings. The van der Waals surface area contributed by atoms with Crippen LogP contribution in [0.4, 0.5) is 0 Å². The van der Waals surface area contributed by atoms with Crippen molar-refractivity contribution in [2.75, 3.05) is 6.61 Å². The van der Waals surface area contributed by atoms with Gasteiger partial charge in [0.1, 0.15) is 6.10 Å². The van der Waals surface area contributed by atoms with Crippen LogP contribution in [0.1, 0.15) is 49.3 Å². The van der Waals surface area contributed by atoms with Gasteiger partial charge in [-0.1, -0.05) is 54.6 Å². The van der Waals surface area contributed by atoms with Crippen LogP contribution in [0.3, 0.4) is 0 Å². The van der Waals surface area contributed by atoms with Gasteiger partial charge < -0.3 is 9.47 Å². The molecule has 0 bridgehead atoms. The first-order valence-electron chi connectivity index (χ1n) is 9.54. The number of carbonyl (C=O) groups excluding carboxylic acids is 2. The third-order valence-corrected chi connectivity index (χ3v) is 5.17. The van der Waals surface area contributed by atoms with E-state index >= 15 is 0 Å². The van der Waals surface area contributed by atoms with Crippen molar-refractivity contribution in [1.82, 2.24) is 0 Å².